The second kappa shape index (κ2) is 7.69. The maximum Gasteiger partial charge on any atom is 0.0806 e. The van der Waals surface area contributed by atoms with Gasteiger partial charge >= 0.3 is 0 Å². The van der Waals surface area contributed by atoms with Crippen LogP contribution in [0.3, 0.4) is 0 Å². The molecule has 0 aromatic heterocycles. The normalized spacial score (nSPS) is 25.1. The fourth-order valence-corrected chi connectivity index (χ4v) is 2.44. The van der Waals surface area contributed by atoms with Gasteiger partial charge in [0.1, 0.15) is 0 Å². The van der Waals surface area contributed by atoms with E-state index in [1.54, 1.807) is 7.11 Å². The van der Waals surface area contributed by atoms with E-state index >= 15 is 0 Å². The van der Waals surface area contributed by atoms with Gasteiger partial charge in [0.25, 0.3) is 0 Å². The van der Waals surface area contributed by atoms with E-state index in [1.165, 1.54) is 0 Å². The molecule has 17 heavy (non-hydrogen) atoms. The van der Waals surface area contributed by atoms with Gasteiger partial charge in [-0.1, -0.05) is 15.9 Å². The molecule has 1 aliphatic rings. The van der Waals surface area contributed by atoms with E-state index in [-0.39, 0.29) is 11.7 Å². The number of nitrogens with zero attached hydrogens (tertiary/aromatic N) is 1. The first-order valence-corrected chi connectivity index (χ1v) is 7.22. The average Bonchev–Trinajstić information content (AvgIpc) is 2.26. The summed E-state index contributed by atoms with van der Waals surface area (Å²) >= 11 is 3.49. The molecule has 1 heterocycles. The van der Waals surface area contributed by atoms with Crippen molar-refractivity contribution in [2.45, 2.75) is 25.6 Å². The van der Waals surface area contributed by atoms with E-state index in [0.29, 0.717) is 13.2 Å². The maximum absolute atomic E-state index is 5.95. The fraction of sp³-hybridized carbons (Fsp3) is 1.00. The van der Waals surface area contributed by atoms with Crippen LogP contribution in [-0.4, -0.2) is 68.5 Å². The number of halogens is 1. The third-order valence-corrected chi connectivity index (χ3v) is 3.43. The summed E-state index contributed by atoms with van der Waals surface area (Å²) in [4.78, 5) is 2.40. The molecule has 0 spiro atoms. The Bertz CT molecular complexity index is 214. The SMILES string of the molecule is COCCOCCN1CC(CBr)OC(C)(C)C1. The molecule has 0 radical (unpaired) electrons. The van der Waals surface area contributed by atoms with Crippen molar-refractivity contribution in [3.8, 4) is 0 Å². The Morgan fingerprint density at radius 2 is 2.12 bits per heavy atom. The molecule has 1 fully saturated rings. The molecular formula is C12H24BrNO3. The summed E-state index contributed by atoms with van der Waals surface area (Å²) in [6, 6.07) is 0. The third kappa shape index (κ3) is 6.15. The summed E-state index contributed by atoms with van der Waals surface area (Å²) in [7, 11) is 1.69. The van der Waals surface area contributed by atoms with Crippen molar-refractivity contribution in [3.63, 3.8) is 0 Å². The Hall–Kier alpha value is 0.320. The molecular weight excluding hydrogens is 286 g/mol. The molecule has 1 unspecified atom stereocenters. The maximum atomic E-state index is 5.95. The summed E-state index contributed by atoms with van der Waals surface area (Å²) in [5, 5.41) is 0.886. The second-order valence-electron chi connectivity index (χ2n) is 4.99. The van der Waals surface area contributed by atoms with Gasteiger partial charge in [0.2, 0.25) is 0 Å². The van der Waals surface area contributed by atoms with Crippen LogP contribution >= 0.6 is 15.9 Å². The van der Waals surface area contributed by atoms with Gasteiger partial charge in [-0.15, -0.1) is 0 Å². The Kier molecular flexibility index (Phi) is 6.95. The quantitative estimate of drug-likeness (QED) is 0.527. The lowest BCUT2D eigenvalue weighted by Crippen LogP contribution is -2.53. The molecule has 0 amide bonds. The first-order valence-electron chi connectivity index (χ1n) is 6.10. The number of alkyl halides is 1. The van der Waals surface area contributed by atoms with E-state index in [9.17, 15) is 0 Å². The number of methoxy groups -OCH3 is 1. The fourth-order valence-electron chi connectivity index (χ4n) is 2.11. The van der Waals surface area contributed by atoms with E-state index < -0.39 is 0 Å². The van der Waals surface area contributed by atoms with E-state index in [4.69, 9.17) is 14.2 Å². The molecule has 0 saturated carbocycles. The van der Waals surface area contributed by atoms with Crippen LogP contribution in [0.1, 0.15) is 13.8 Å². The third-order valence-electron chi connectivity index (χ3n) is 2.71. The first-order chi connectivity index (χ1) is 8.07. The van der Waals surface area contributed by atoms with Crippen molar-refractivity contribution in [1.29, 1.82) is 0 Å². The monoisotopic (exact) mass is 309 g/mol. The predicted molar refractivity (Wildman–Crippen MR) is 71.9 cm³/mol. The van der Waals surface area contributed by atoms with Crippen LogP contribution in [0.4, 0.5) is 0 Å². The zero-order valence-electron chi connectivity index (χ0n) is 11.1. The first kappa shape index (κ1) is 15.4. The van der Waals surface area contributed by atoms with Gasteiger partial charge in [-0.25, -0.2) is 0 Å². The van der Waals surface area contributed by atoms with Crippen molar-refractivity contribution >= 4 is 15.9 Å². The number of rotatable bonds is 7. The zero-order chi connectivity index (χ0) is 12.7. The Labute approximate surface area is 113 Å². The van der Waals surface area contributed by atoms with Crippen LogP contribution in [-0.2, 0) is 14.2 Å². The highest BCUT2D eigenvalue weighted by Gasteiger charge is 2.32. The zero-order valence-corrected chi connectivity index (χ0v) is 12.7. The minimum absolute atomic E-state index is 0.0663. The van der Waals surface area contributed by atoms with E-state index in [0.717, 1.165) is 31.6 Å². The molecule has 1 saturated heterocycles. The highest BCUT2D eigenvalue weighted by Crippen LogP contribution is 2.21. The van der Waals surface area contributed by atoms with E-state index in [2.05, 4.69) is 34.7 Å². The van der Waals surface area contributed by atoms with Crippen LogP contribution in [0.15, 0.2) is 0 Å². The number of morpholine rings is 1. The molecule has 0 aromatic carbocycles. The molecule has 5 heteroatoms. The summed E-state index contributed by atoms with van der Waals surface area (Å²) in [5.74, 6) is 0. The molecule has 1 rings (SSSR count). The number of hydrogen-bond donors (Lipinski definition) is 0. The minimum Gasteiger partial charge on any atom is -0.382 e. The molecule has 1 aliphatic heterocycles. The topological polar surface area (TPSA) is 30.9 Å². The van der Waals surface area contributed by atoms with Gasteiger partial charge in [-0.3, -0.25) is 4.90 Å². The smallest absolute Gasteiger partial charge is 0.0806 e. The van der Waals surface area contributed by atoms with Crippen molar-refractivity contribution in [3.05, 3.63) is 0 Å². The Morgan fingerprint density at radius 1 is 1.35 bits per heavy atom. The van der Waals surface area contributed by atoms with Crippen LogP contribution in [0, 0.1) is 0 Å². The van der Waals surface area contributed by atoms with Gasteiger partial charge in [-0.2, -0.15) is 0 Å². The lowest BCUT2D eigenvalue weighted by Gasteiger charge is -2.42. The van der Waals surface area contributed by atoms with E-state index in [1.807, 2.05) is 0 Å². The van der Waals surface area contributed by atoms with Gasteiger partial charge in [0.05, 0.1) is 31.5 Å². The van der Waals surface area contributed by atoms with Crippen molar-refractivity contribution < 1.29 is 14.2 Å². The molecule has 0 N–H and O–H groups in total. The summed E-state index contributed by atoms with van der Waals surface area (Å²) in [6.45, 7) is 9.27. The highest BCUT2D eigenvalue weighted by molar-refractivity contribution is 9.09. The van der Waals surface area contributed by atoms with Crippen molar-refractivity contribution in [2.75, 3.05) is 51.9 Å². The molecule has 0 bridgehead atoms. The largest absolute Gasteiger partial charge is 0.382 e. The Balaban J connectivity index is 2.23. The van der Waals surface area contributed by atoms with Gasteiger partial charge in [-0.05, 0) is 13.8 Å². The standard InChI is InChI=1S/C12H24BrNO3/c1-12(2)10-14(9-11(8-13)17-12)4-5-16-7-6-15-3/h11H,4-10H2,1-3H3. The van der Waals surface area contributed by atoms with Gasteiger partial charge in [0, 0.05) is 32.1 Å². The lowest BCUT2D eigenvalue weighted by atomic mass is 10.1. The minimum atomic E-state index is -0.0663. The van der Waals surface area contributed by atoms with Gasteiger partial charge in [0.15, 0.2) is 0 Å². The molecule has 102 valence electrons. The van der Waals surface area contributed by atoms with Crippen LogP contribution < -0.4 is 0 Å². The average molecular weight is 310 g/mol. The molecule has 0 aliphatic carbocycles. The summed E-state index contributed by atoms with van der Waals surface area (Å²) < 4.78 is 16.4. The van der Waals surface area contributed by atoms with Crippen LogP contribution in [0.5, 0.6) is 0 Å². The lowest BCUT2D eigenvalue weighted by molar-refractivity contribution is -0.129. The molecule has 1 atom stereocenters. The van der Waals surface area contributed by atoms with Crippen molar-refractivity contribution in [1.82, 2.24) is 4.90 Å². The number of hydrogen-bond acceptors (Lipinski definition) is 4. The highest BCUT2D eigenvalue weighted by atomic mass is 79.9. The Morgan fingerprint density at radius 3 is 2.76 bits per heavy atom. The van der Waals surface area contributed by atoms with Crippen LogP contribution in [0.2, 0.25) is 0 Å². The van der Waals surface area contributed by atoms with Gasteiger partial charge < -0.3 is 14.2 Å². The van der Waals surface area contributed by atoms with Crippen molar-refractivity contribution in [2.24, 2.45) is 0 Å². The predicted octanol–water partition coefficient (Wildman–Crippen LogP) is 1.52. The summed E-state index contributed by atoms with van der Waals surface area (Å²) in [6.07, 6.45) is 0.276. The molecule has 4 nitrogen and oxygen atoms in total. The van der Waals surface area contributed by atoms with Crippen LogP contribution in [0.25, 0.3) is 0 Å². The second-order valence-corrected chi connectivity index (χ2v) is 5.64. The number of ether oxygens (including phenoxy) is 3. The summed E-state index contributed by atoms with van der Waals surface area (Å²) in [5.41, 5.74) is -0.0663. The molecule has 0 aromatic rings.